The van der Waals surface area contributed by atoms with Crippen molar-refractivity contribution in [2.45, 2.75) is 33.7 Å². The van der Waals surface area contributed by atoms with Crippen LogP contribution in [0.4, 0.5) is 4.79 Å². The molecule has 2 N–H and O–H groups in total. The molecule has 5 nitrogen and oxygen atoms in total. The number of carbonyl (C=O) groups excluding carboxylic acids is 1. The average Bonchev–Trinajstić information content (AvgIpc) is 2.32. The quantitative estimate of drug-likeness (QED) is 0.809. The van der Waals surface area contributed by atoms with Crippen molar-refractivity contribution in [1.29, 1.82) is 0 Å². The van der Waals surface area contributed by atoms with E-state index in [1.54, 1.807) is 14.1 Å². The van der Waals surface area contributed by atoms with Crippen molar-refractivity contribution < 1.29 is 4.79 Å². The monoisotopic (exact) mass is 278 g/mol. The molecule has 0 bridgehead atoms. The van der Waals surface area contributed by atoms with E-state index in [4.69, 9.17) is 0 Å². The Balaban J connectivity index is 2.52. The van der Waals surface area contributed by atoms with Gasteiger partial charge in [0.15, 0.2) is 0 Å². The molecule has 0 aliphatic rings. The largest absolute Gasteiger partial charge is 0.337 e. The van der Waals surface area contributed by atoms with E-state index in [2.05, 4.69) is 35.5 Å². The number of carbonyl (C=O) groups is 1. The highest BCUT2D eigenvalue weighted by molar-refractivity contribution is 5.73. The Hall–Kier alpha value is -1.62. The van der Waals surface area contributed by atoms with Crippen molar-refractivity contribution in [3.05, 3.63) is 28.6 Å². The van der Waals surface area contributed by atoms with Crippen LogP contribution in [0.3, 0.4) is 0 Å². The zero-order valence-electron chi connectivity index (χ0n) is 13.4. The predicted molar refractivity (Wildman–Crippen MR) is 82.0 cm³/mol. The molecule has 112 valence electrons. The van der Waals surface area contributed by atoms with Crippen LogP contribution >= 0.6 is 0 Å². The van der Waals surface area contributed by atoms with Crippen LogP contribution in [0.1, 0.15) is 35.5 Å². The Morgan fingerprint density at radius 1 is 1.30 bits per heavy atom. The molecule has 1 rings (SSSR count). The first kappa shape index (κ1) is 16.4. The Kier molecular flexibility index (Phi) is 5.95. The summed E-state index contributed by atoms with van der Waals surface area (Å²) in [4.78, 5) is 17.4. The Labute approximate surface area is 121 Å². The van der Waals surface area contributed by atoms with Crippen LogP contribution in [0, 0.1) is 20.8 Å². The van der Waals surface area contributed by atoms with Gasteiger partial charge in [-0.25, -0.2) is 4.79 Å². The van der Waals surface area contributed by atoms with Crippen LogP contribution in [0.15, 0.2) is 6.07 Å². The van der Waals surface area contributed by atoms with E-state index in [0.717, 1.165) is 17.9 Å². The summed E-state index contributed by atoms with van der Waals surface area (Å²) in [7, 11) is 3.46. The lowest BCUT2D eigenvalue weighted by atomic mass is 10.0. The molecule has 0 saturated carbocycles. The van der Waals surface area contributed by atoms with Gasteiger partial charge in [-0.2, -0.15) is 0 Å². The molecule has 2 amide bonds. The summed E-state index contributed by atoms with van der Waals surface area (Å²) in [6.07, 6.45) is 0. The molecule has 0 aliphatic heterocycles. The maximum Gasteiger partial charge on any atom is 0.316 e. The van der Waals surface area contributed by atoms with Crippen LogP contribution in [0.2, 0.25) is 0 Å². The maximum absolute atomic E-state index is 11.4. The normalized spacial score (nSPS) is 12.1. The number of pyridine rings is 1. The first-order valence-corrected chi connectivity index (χ1v) is 6.96. The number of nitrogens with one attached hydrogen (secondary N) is 2. The molecule has 1 aromatic rings. The Morgan fingerprint density at radius 3 is 2.50 bits per heavy atom. The summed E-state index contributed by atoms with van der Waals surface area (Å²) >= 11 is 0. The second-order valence-electron chi connectivity index (χ2n) is 5.38. The zero-order chi connectivity index (χ0) is 15.3. The molecule has 1 atom stereocenters. The summed E-state index contributed by atoms with van der Waals surface area (Å²) in [5.41, 5.74) is 4.62. The summed E-state index contributed by atoms with van der Waals surface area (Å²) < 4.78 is 0. The van der Waals surface area contributed by atoms with Gasteiger partial charge in [-0.1, -0.05) is 0 Å². The van der Waals surface area contributed by atoms with Gasteiger partial charge in [0.2, 0.25) is 0 Å². The van der Waals surface area contributed by atoms with Gasteiger partial charge in [0.1, 0.15) is 0 Å². The molecular weight excluding hydrogens is 252 g/mol. The van der Waals surface area contributed by atoms with Gasteiger partial charge in [0.25, 0.3) is 0 Å². The second kappa shape index (κ2) is 7.24. The second-order valence-corrected chi connectivity index (χ2v) is 5.38. The highest BCUT2D eigenvalue weighted by atomic mass is 16.2. The fraction of sp³-hybridized carbons (Fsp3) is 0.600. The SMILES string of the molecule is Cc1cc(C)c(C(C)NCCNC(=O)N(C)C)c(C)n1. The summed E-state index contributed by atoms with van der Waals surface area (Å²) in [5, 5.41) is 6.26. The summed E-state index contributed by atoms with van der Waals surface area (Å²) in [5.74, 6) is 0. The lowest BCUT2D eigenvalue weighted by Crippen LogP contribution is -2.39. The predicted octanol–water partition coefficient (Wildman–Crippen LogP) is 1.93. The van der Waals surface area contributed by atoms with Gasteiger partial charge < -0.3 is 15.5 Å². The number of rotatable bonds is 5. The van der Waals surface area contributed by atoms with E-state index < -0.39 is 0 Å². The van der Waals surface area contributed by atoms with Gasteiger partial charge in [-0.3, -0.25) is 4.98 Å². The number of nitrogens with zero attached hydrogens (tertiary/aromatic N) is 2. The van der Waals surface area contributed by atoms with Crippen molar-refractivity contribution in [1.82, 2.24) is 20.5 Å². The topological polar surface area (TPSA) is 57.3 Å². The third-order valence-electron chi connectivity index (χ3n) is 3.28. The van der Waals surface area contributed by atoms with Crippen molar-refractivity contribution in [2.24, 2.45) is 0 Å². The molecule has 1 unspecified atom stereocenters. The lowest BCUT2D eigenvalue weighted by Gasteiger charge is -2.19. The third kappa shape index (κ3) is 4.49. The lowest BCUT2D eigenvalue weighted by molar-refractivity contribution is 0.217. The molecule has 0 aliphatic carbocycles. The van der Waals surface area contributed by atoms with Crippen LogP contribution in [-0.4, -0.2) is 43.1 Å². The molecule has 0 radical (unpaired) electrons. The molecule has 5 heteroatoms. The molecule has 20 heavy (non-hydrogen) atoms. The highest BCUT2D eigenvalue weighted by Gasteiger charge is 2.12. The first-order valence-electron chi connectivity index (χ1n) is 6.96. The standard InChI is InChI=1S/C15H26N4O/c1-10-9-11(2)18-13(4)14(10)12(3)16-7-8-17-15(20)19(5)6/h9,12,16H,7-8H2,1-6H3,(H,17,20). The van der Waals surface area contributed by atoms with E-state index in [9.17, 15) is 4.79 Å². The molecule has 0 spiro atoms. The van der Waals surface area contributed by atoms with E-state index in [1.807, 2.05) is 13.8 Å². The van der Waals surface area contributed by atoms with E-state index in [-0.39, 0.29) is 12.1 Å². The minimum absolute atomic E-state index is 0.0659. The van der Waals surface area contributed by atoms with Crippen molar-refractivity contribution in [2.75, 3.05) is 27.2 Å². The highest BCUT2D eigenvalue weighted by Crippen LogP contribution is 2.20. The van der Waals surface area contributed by atoms with Crippen molar-refractivity contribution >= 4 is 6.03 Å². The van der Waals surface area contributed by atoms with Gasteiger partial charge in [0.05, 0.1) is 0 Å². The smallest absolute Gasteiger partial charge is 0.316 e. The number of amides is 2. The van der Waals surface area contributed by atoms with Crippen LogP contribution in [-0.2, 0) is 0 Å². The molecule has 0 saturated heterocycles. The molecule has 1 heterocycles. The first-order chi connectivity index (χ1) is 9.32. The van der Waals surface area contributed by atoms with Crippen molar-refractivity contribution in [3.63, 3.8) is 0 Å². The number of urea groups is 1. The maximum atomic E-state index is 11.4. The average molecular weight is 278 g/mol. The van der Waals surface area contributed by atoms with Crippen LogP contribution in [0.5, 0.6) is 0 Å². The van der Waals surface area contributed by atoms with Crippen LogP contribution < -0.4 is 10.6 Å². The fourth-order valence-electron chi connectivity index (χ4n) is 2.41. The number of hydrogen-bond donors (Lipinski definition) is 2. The van der Waals surface area contributed by atoms with E-state index in [0.29, 0.717) is 6.54 Å². The molecule has 0 fully saturated rings. The molecular formula is C15H26N4O. The number of aryl methyl sites for hydroxylation is 3. The molecule has 0 aromatic carbocycles. The summed E-state index contributed by atoms with van der Waals surface area (Å²) in [6, 6.07) is 2.26. The van der Waals surface area contributed by atoms with Crippen LogP contribution in [0.25, 0.3) is 0 Å². The zero-order valence-corrected chi connectivity index (χ0v) is 13.4. The third-order valence-corrected chi connectivity index (χ3v) is 3.28. The van der Waals surface area contributed by atoms with Gasteiger partial charge in [-0.05, 0) is 44.9 Å². The van der Waals surface area contributed by atoms with Crippen molar-refractivity contribution in [3.8, 4) is 0 Å². The minimum atomic E-state index is -0.0659. The number of hydrogen-bond acceptors (Lipinski definition) is 3. The van der Waals surface area contributed by atoms with Gasteiger partial charge >= 0.3 is 6.03 Å². The molecule has 1 aromatic heterocycles. The Bertz CT molecular complexity index is 448. The Morgan fingerprint density at radius 2 is 1.95 bits per heavy atom. The van der Waals surface area contributed by atoms with E-state index in [1.165, 1.54) is 16.0 Å². The fourth-order valence-corrected chi connectivity index (χ4v) is 2.41. The summed E-state index contributed by atoms with van der Waals surface area (Å²) in [6.45, 7) is 9.63. The number of aromatic nitrogens is 1. The van der Waals surface area contributed by atoms with Gasteiger partial charge in [0, 0.05) is 44.6 Å². The van der Waals surface area contributed by atoms with Gasteiger partial charge in [-0.15, -0.1) is 0 Å². The minimum Gasteiger partial charge on any atom is -0.337 e. The van der Waals surface area contributed by atoms with E-state index >= 15 is 0 Å².